The number of likely N-dealkylation sites (tertiary alicyclic amines) is 1. The highest BCUT2D eigenvalue weighted by atomic mass is 16.2. The zero-order valence-corrected chi connectivity index (χ0v) is 14.2. The summed E-state index contributed by atoms with van der Waals surface area (Å²) in [5.74, 6) is 0.0171. The Labute approximate surface area is 147 Å². The fourth-order valence-corrected chi connectivity index (χ4v) is 3.75. The third kappa shape index (κ3) is 2.76. The number of benzene rings is 2. The van der Waals surface area contributed by atoms with Crippen molar-refractivity contribution >= 4 is 17.5 Å². The van der Waals surface area contributed by atoms with E-state index in [2.05, 4.69) is 10.6 Å². The van der Waals surface area contributed by atoms with E-state index in [0.29, 0.717) is 31.5 Å². The molecule has 2 aromatic rings. The van der Waals surface area contributed by atoms with E-state index in [4.69, 9.17) is 0 Å². The van der Waals surface area contributed by atoms with Gasteiger partial charge in [-0.1, -0.05) is 30.3 Å². The molecule has 4 rings (SSSR count). The molecule has 0 unspecified atom stereocenters. The number of hydrogen-bond acceptors (Lipinski definition) is 3. The second-order valence-corrected chi connectivity index (χ2v) is 6.82. The van der Waals surface area contributed by atoms with Crippen LogP contribution in [0.5, 0.6) is 0 Å². The van der Waals surface area contributed by atoms with Crippen molar-refractivity contribution in [1.29, 1.82) is 0 Å². The normalized spacial score (nSPS) is 18.3. The molecule has 0 atom stereocenters. The second kappa shape index (κ2) is 5.92. The summed E-state index contributed by atoms with van der Waals surface area (Å²) in [6.07, 6.45) is 1.37. The van der Waals surface area contributed by atoms with Crippen molar-refractivity contribution in [2.24, 2.45) is 0 Å². The van der Waals surface area contributed by atoms with Gasteiger partial charge in [0.05, 0.1) is 5.56 Å². The van der Waals surface area contributed by atoms with Crippen molar-refractivity contribution in [3.63, 3.8) is 0 Å². The van der Waals surface area contributed by atoms with Crippen molar-refractivity contribution < 1.29 is 9.59 Å². The number of anilines is 1. The van der Waals surface area contributed by atoms with Gasteiger partial charge in [-0.05, 0) is 30.7 Å². The quantitative estimate of drug-likeness (QED) is 0.842. The van der Waals surface area contributed by atoms with E-state index in [1.54, 1.807) is 0 Å². The number of rotatable bonds is 1. The zero-order valence-electron chi connectivity index (χ0n) is 14.2. The molecule has 2 aliphatic heterocycles. The van der Waals surface area contributed by atoms with E-state index in [0.717, 1.165) is 16.8 Å². The van der Waals surface area contributed by atoms with E-state index in [1.165, 1.54) is 0 Å². The van der Waals surface area contributed by atoms with E-state index in [1.807, 2.05) is 60.4 Å². The molecule has 0 bridgehead atoms. The first kappa shape index (κ1) is 15.7. The van der Waals surface area contributed by atoms with Gasteiger partial charge in [0.15, 0.2) is 0 Å². The number of hydrogen-bond donors (Lipinski definition) is 2. The Bertz CT molecular complexity index is 824. The minimum absolute atomic E-state index is 0.0327. The Morgan fingerprint density at radius 3 is 2.44 bits per heavy atom. The molecule has 0 radical (unpaired) electrons. The van der Waals surface area contributed by atoms with Crippen LogP contribution in [0.2, 0.25) is 0 Å². The summed E-state index contributed by atoms with van der Waals surface area (Å²) in [5.41, 5.74) is 2.81. The van der Waals surface area contributed by atoms with Crippen molar-refractivity contribution in [1.82, 2.24) is 10.2 Å². The maximum Gasteiger partial charge on any atom is 0.255 e. The number of aryl methyl sites for hydroxylation is 1. The van der Waals surface area contributed by atoms with Crippen molar-refractivity contribution in [3.05, 3.63) is 65.2 Å². The largest absolute Gasteiger partial charge is 0.362 e. The lowest BCUT2D eigenvalue weighted by atomic mass is 9.91. The average Bonchev–Trinajstić information content (AvgIpc) is 2.62. The zero-order chi connectivity index (χ0) is 17.4. The molecule has 0 aliphatic carbocycles. The maximum atomic E-state index is 12.6. The predicted molar refractivity (Wildman–Crippen MR) is 96.6 cm³/mol. The van der Waals surface area contributed by atoms with Gasteiger partial charge < -0.3 is 15.5 Å². The fraction of sp³-hybridized carbons (Fsp3) is 0.300. The number of carbonyl (C=O) groups excluding carboxylic acids is 2. The van der Waals surface area contributed by atoms with Gasteiger partial charge in [-0.15, -0.1) is 0 Å². The first-order valence-electron chi connectivity index (χ1n) is 8.63. The van der Waals surface area contributed by atoms with Crippen LogP contribution in [0, 0.1) is 6.92 Å². The molecule has 2 aromatic carbocycles. The van der Waals surface area contributed by atoms with Crippen LogP contribution in [0.25, 0.3) is 0 Å². The lowest BCUT2D eigenvalue weighted by Crippen LogP contribution is -2.62. The molecular formula is C20H21N3O2. The van der Waals surface area contributed by atoms with E-state index < -0.39 is 5.66 Å². The minimum Gasteiger partial charge on any atom is -0.362 e. The summed E-state index contributed by atoms with van der Waals surface area (Å²) in [5, 5.41) is 6.65. The molecule has 1 saturated heterocycles. The van der Waals surface area contributed by atoms with E-state index >= 15 is 0 Å². The smallest absolute Gasteiger partial charge is 0.255 e. The van der Waals surface area contributed by atoms with Crippen LogP contribution >= 0.6 is 0 Å². The highest BCUT2D eigenvalue weighted by Gasteiger charge is 2.41. The van der Waals surface area contributed by atoms with Crippen LogP contribution in [0.3, 0.4) is 0 Å². The van der Waals surface area contributed by atoms with Gasteiger partial charge in [0.2, 0.25) is 0 Å². The number of piperidine rings is 1. The van der Waals surface area contributed by atoms with Gasteiger partial charge in [-0.3, -0.25) is 9.59 Å². The Hall–Kier alpha value is -2.82. The Morgan fingerprint density at radius 2 is 1.72 bits per heavy atom. The summed E-state index contributed by atoms with van der Waals surface area (Å²) in [4.78, 5) is 27.0. The minimum atomic E-state index is -0.467. The van der Waals surface area contributed by atoms with Gasteiger partial charge in [-0.25, -0.2) is 0 Å². The molecule has 5 nitrogen and oxygen atoms in total. The standard InChI is InChI=1S/C20H21N3O2/c1-14-6-5-9-16-17(14)18(24)22-20(21-16)10-12-23(13-11-20)19(25)15-7-3-2-4-8-15/h2-9,21H,10-13H2,1H3,(H,22,24). The third-order valence-corrected chi connectivity index (χ3v) is 5.15. The molecule has 1 spiro atoms. The lowest BCUT2D eigenvalue weighted by Gasteiger charge is -2.46. The molecule has 1 fully saturated rings. The summed E-state index contributed by atoms with van der Waals surface area (Å²) in [7, 11) is 0. The molecular weight excluding hydrogens is 314 g/mol. The number of fused-ring (bicyclic) bond motifs is 1. The summed E-state index contributed by atoms with van der Waals surface area (Å²) in [6, 6.07) is 15.2. The molecule has 2 N–H and O–H groups in total. The fourth-order valence-electron chi connectivity index (χ4n) is 3.75. The topological polar surface area (TPSA) is 61.4 Å². The van der Waals surface area contributed by atoms with E-state index in [-0.39, 0.29) is 11.8 Å². The Balaban J connectivity index is 1.50. The second-order valence-electron chi connectivity index (χ2n) is 6.82. The highest BCUT2D eigenvalue weighted by Crippen LogP contribution is 2.33. The van der Waals surface area contributed by atoms with Crippen molar-refractivity contribution in [2.75, 3.05) is 18.4 Å². The van der Waals surface area contributed by atoms with Crippen LogP contribution in [0.15, 0.2) is 48.5 Å². The monoisotopic (exact) mass is 335 g/mol. The van der Waals surface area contributed by atoms with Gasteiger partial charge >= 0.3 is 0 Å². The lowest BCUT2D eigenvalue weighted by molar-refractivity contribution is 0.0639. The Morgan fingerprint density at radius 1 is 1.00 bits per heavy atom. The number of amides is 2. The average molecular weight is 335 g/mol. The van der Waals surface area contributed by atoms with Crippen LogP contribution < -0.4 is 10.6 Å². The van der Waals surface area contributed by atoms with Gasteiger partial charge in [0.1, 0.15) is 5.66 Å². The first-order chi connectivity index (χ1) is 12.1. The molecule has 5 heteroatoms. The molecule has 128 valence electrons. The van der Waals surface area contributed by atoms with E-state index in [9.17, 15) is 9.59 Å². The van der Waals surface area contributed by atoms with Crippen LogP contribution in [0.1, 0.15) is 39.1 Å². The number of nitrogens with zero attached hydrogens (tertiary/aromatic N) is 1. The SMILES string of the molecule is Cc1cccc2c1C(=O)NC1(CCN(C(=O)c3ccccc3)CC1)N2. The molecule has 0 saturated carbocycles. The third-order valence-electron chi connectivity index (χ3n) is 5.15. The van der Waals surface area contributed by atoms with Crippen LogP contribution in [-0.2, 0) is 0 Å². The Kier molecular flexibility index (Phi) is 3.71. The predicted octanol–water partition coefficient (Wildman–Crippen LogP) is 2.78. The van der Waals surface area contributed by atoms with Crippen molar-refractivity contribution in [3.8, 4) is 0 Å². The van der Waals surface area contributed by atoms with Gasteiger partial charge in [0.25, 0.3) is 11.8 Å². The number of nitrogens with one attached hydrogen (secondary N) is 2. The summed E-state index contributed by atoms with van der Waals surface area (Å²) in [6.45, 7) is 3.17. The summed E-state index contributed by atoms with van der Waals surface area (Å²) >= 11 is 0. The number of carbonyl (C=O) groups is 2. The van der Waals surface area contributed by atoms with Crippen LogP contribution in [0.4, 0.5) is 5.69 Å². The molecule has 2 heterocycles. The highest BCUT2D eigenvalue weighted by molar-refractivity contribution is 6.03. The first-order valence-corrected chi connectivity index (χ1v) is 8.63. The van der Waals surface area contributed by atoms with Crippen molar-refractivity contribution in [2.45, 2.75) is 25.4 Å². The molecule has 0 aromatic heterocycles. The molecule has 2 amide bonds. The van der Waals surface area contributed by atoms with Crippen LogP contribution in [-0.4, -0.2) is 35.5 Å². The van der Waals surface area contributed by atoms with Gasteiger partial charge in [-0.2, -0.15) is 0 Å². The molecule has 2 aliphatic rings. The molecule has 25 heavy (non-hydrogen) atoms. The van der Waals surface area contributed by atoms with Gasteiger partial charge in [0, 0.05) is 37.2 Å². The maximum absolute atomic E-state index is 12.6. The summed E-state index contributed by atoms with van der Waals surface area (Å²) < 4.78 is 0.